The van der Waals surface area contributed by atoms with E-state index in [9.17, 15) is 28.8 Å². The Hall–Kier alpha value is -3.36. The standard InChI is InChI=1S/C24H24O9/c25-19-10-16(22(28)31-19)13-4-1-2-5-14(17-11-20(26)32-23(17)29)8-9-15(7-3-6-13)18-12-21(27)33-24(18)30/h4-5,7,16-18H,1-3,6,8-12H2/b13-4+,14-5+,15-7+. The Kier molecular flexibility index (Phi) is 6.67. The maximum atomic E-state index is 12.2. The second kappa shape index (κ2) is 9.64. The highest BCUT2D eigenvalue weighted by Crippen LogP contribution is 2.35. The minimum atomic E-state index is -0.690. The minimum absolute atomic E-state index is 0.00179. The number of rotatable bonds is 3. The predicted octanol–water partition coefficient (Wildman–Crippen LogP) is 2.39. The molecule has 3 fully saturated rings. The zero-order valence-electron chi connectivity index (χ0n) is 18.0. The summed E-state index contributed by atoms with van der Waals surface area (Å²) in [6.45, 7) is 0. The normalized spacial score (nSPS) is 34.2. The molecule has 0 aromatic heterocycles. The molecule has 9 heteroatoms. The van der Waals surface area contributed by atoms with Gasteiger partial charge >= 0.3 is 35.8 Å². The summed E-state index contributed by atoms with van der Waals surface area (Å²) < 4.78 is 14.1. The van der Waals surface area contributed by atoms with Gasteiger partial charge in [0.15, 0.2) is 0 Å². The van der Waals surface area contributed by atoms with Crippen LogP contribution in [0.25, 0.3) is 0 Å². The van der Waals surface area contributed by atoms with Crippen molar-refractivity contribution in [1.29, 1.82) is 0 Å². The lowest BCUT2D eigenvalue weighted by Gasteiger charge is -2.17. The molecule has 3 heterocycles. The minimum Gasteiger partial charge on any atom is -0.393 e. The van der Waals surface area contributed by atoms with Crippen molar-refractivity contribution < 1.29 is 43.0 Å². The lowest BCUT2D eigenvalue weighted by atomic mass is 9.85. The SMILES string of the molecule is O=C1CC(/C2=C/CC/C=C(/C3CC(=O)OC3=O)CC/C(C3CC(=O)OC3=O)=C\CC2)C(=O)O1. The Morgan fingerprint density at radius 3 is 1.15 bits per heavy atom. The van der Waals surface area contributed by atoms with Crippen LogP contribution >= 0.6 is 0 Å². The molecule has 0 spiro atoms. The van der Waals surface area contributed by atoms with Crippen molar-refractivity contribution in [3.63, 3.8) is 0 Å². The molecule has 0 saturated carbocycles. The number of carbonyl (C=O) groups excluding carboxylic acids is 6. The van der Waals surface area contributed by atoms with Gasteiger partial charge in [-0.15, -0.1) is 0 Å². The fourth-order valence-corrected chi connectivity index (χ4v) is 4.78. The molecule has 3 aliphatic heterocycles. The zero-order valence-corrected chi connectivity index (χ0v) is 18.0. The Morgan fingerprint density at radius 1 is 0.485 bits per heavy atom. The van der Waals surface area contributed by atoms with Gasteiger partial charge in [-0.05, 0) is 38.5 Å². The summed E-state index contributed by atoms with van der Waals surface area (Å²) in [5.41, 5.74) is 2.26. The molecule has 3 unspecified atom stereocenters. The van der Waals surface area contributed by atoms with E-state index in [4.69, 9.17) is 14.2 Å². The van der Waals surface area contributed by atoms with E-state index in [1.165, 1.54) is 0 Å². The zero-order chi connectivity index (χ0) is 23.5. The van der Waals surface area contributed by atoms with E-state index >= 15 is 0 Å². The fourth-order valence-electron chi connectivity index (χ4n) is 4.78. The number of cyclic esters (lactones) is 6. The topological polar surface area (TPSA) is 130 Å². The van der Waals surface area contributed by atoms with Crippen molar-refractivity contribution >= 4 is 35.8 Å². The highest BCUT2D eigenvalue weighted by Gasteiger charge is 2.39. The predicted molar refractivity (Wildman–Crippen MR) is 110 cm³/mol. The molecular formula is C24H24O9. The summed E-state index contributed by atoms with van der Waals surface area (Å²) in [5, 5.41) is 0. The van der Waals surface area contributed by atoms with Gasteiger partial charge in [-0.1, -0.05) is 34.9 Å². The summed E-state index contributed by atoms with van der Waals surface area (Å²) >= 11 is 0. The molecular weight excluding hydrogens is 432 g/mol. The van der Waals surface area contributed by atoms with Crippen molar-refractivity contribution in [2.24, 2.45) is 17.8 Å². The average molecular weight is 456 g/mol. The first-order valence-electron chi connectivity index (χ1n) is 11.1. The number of hydrogen-bond donors (Lipinski definition) is 0. The monoisotopic (exact) mass is 456 g/mol. The van der Waals surface area contributed by atoms with E-state index in [0.29, 0.717) is 38.5 Å². The molecule has 0 radical (unpaired) electrons. The van der Waals surface area contributed by atoms with Crippen molar-refractivity contribution in [2.45, 2.75) is 57.8 Å². The Balaban J connectivity index is 1.61. The Labute approximate surface area is 189 Å². The summed E-state index contributed by atoms with van der Waals surface area (Å²) in [5.74, 6) is -5.41. The van der Waals surface area contributed by atoms with Crippen LogP contribution < -0.4 is 0 Å². The molecule has 0 aromatic rings. The van der Waals surface area contributed by atoms with Gasteiger partial charge in [0.2, 0.25) is 0 Å². The molecule has 4 rings (SSSR count). The molecule has 174 valence electrons. The van der Waals surface area contributed by atoms with Crippen LogP contribution in [0, 0.1) is 17.8 Å². The van der Waals surface area contributed by atoms with Crippen LogP contribution in [0.3, 0.4) is 0 Å². The van der Waals surface area contributed by atoms with Crippen LogP contribution in [-0.4, -0.2) is 35.8 Å². The van der Waals surface area contributed by atoms with Crippen LogP contribution in [0.2, 0.25) is 0 Å². The molecule has 1 aliphatic carbocycles. The van der Waals surface area contributed by atoms with E-state index in [-0.39, 0.29) is 19.3 Å². The van der Waals surface area contributed by atoms with Gasteiger partial charge in [-0.25, -0.2) is 0 Å². The van der Waals surface area contributed by atoms with E-state index < -0.39 is 53.6 Å². The number of carbonyl (C=O) groups is 6. The van der Waals surface area contributed by atoms with Crippen LogP contribution in [0.5, 0.6) is 0 Å². The molecule has 0 aromatic carbocycles. The number of hydrogen-bond acceptors (Lipinski definition) is 9. The maximum absolute atomic E-state index is 12.2. The Bertz CT molecular complexity index is 1010. The van der Waals surface area contributed by atoms with E-state index in [1.807, 2.05) is 18.2 Å². The number of ether oxygens (including phenoxy) is 3. The molecule has 3 saturated heterocycles. The Morgan fingerprint density at radius 2 is 0.818 bits per heavy atom. The molecule has 9 nitrogen and oxygen atoms in total. The molecule has 3 atom stereocenters. The molecule has 0 N–H and O–H groups in total. The maximum Gasteiger partial charge on any atom is 0.321 e. The fraction of sp³-hybridized carbons (Fsp3) is 0.500. The summed E-state index contributed by atoms with van der Waals surface area (Å²) in [6.07, 6.45) is 8.64. The summed E-state index contributed by atoms with van der Waals surface area (Å²) in [4.78, 5) is 71.4. The quantitative estimate of drug-likeness (QED) is 0.272. The lowest BCUT2D eigenvalue weighted by molar-refractivity contribution is -0.154. The van der Waals surface area contributed by atoms with Crippen molar-refractivity contribution in [3.8, 4) is 0 Å². The third kappa shape index (κ3) is 5.18. The third-order valence-corrected chi connectivity index (χ3v) is 6.47. The van der Waals surface area contributed by atoms with Crippen LogP contribution in [0.15, 0.2) is 34.9 Å². The van der Waals surface area contributed by atoms with Crippen LogP contribution in [0.1, 0.15) is 57.8 Å². The van der Waals surface area contributed by atoms with Crippen LogP contribution in [0.4, 0.5) is 0 Å². The van der Waals surface area contributed by atoms with Gasteiger partial charge < -0.3 is 14.2 Å². The van der Waals surface area contributed by atoms with Crippen molar-refractivity contribution in [2.75, 3.05) is 0 Å². The first kappa shape index (κ1) is 22.8. The largest absolute Gasteiger partial charge is 0.393 e. The third-order valence-electron chi connectivity index (χ3n) is 6.47. The first-order valence-corrected chi connectivity index (χ1v) is 11.1. The second-order valence-corrected chi connectivity index (χ2v) is 8.60. The molecule has 4 aliphatic rings. The average Bonchev–Trinajstić information content (AvgIpc) is 3.38. The molecule has 33 heavy (non-hydrogen) atoms. The summed E-state index contributed by atoms with van der Waals surface area (Å²) in [7, 11) is 0. The highest BCUT2D eigenvalue weighted by molar-refractivity contribution is 5.97. The smallest absolute Gasteiger partial charge is 0.321 e. The van der Waals surface area contributed by atoms with Crippen molar-refractivity contribution in [1.82, 2.24) is 0 Å². The van der Waals surface area contributed by atoms with Gasteiger partial charge in [0.25, 0.3) is 0 Å². The van der Waals surface area contributed by atoms with Gasteiger partial charge in [-0.2, -0.15) is 0 Å². The van der Waals surface area contributed by atoms with Gasteiger partial charge in [-0.3, -0.25) is 28.8 Å². The number of allylic oxidation sites excluding steroid dienone is 3. The first-order chi connectivity index (χ1) is 15.8. The number of esters is 6. The van der Waals surface area contributed by atoms with Gasteiger partial charge in [0, 0.05) is 0 Å². The lowest BCUT2D eigenvalue weighted by Crippen LogP contribution is -2.15. The van der Waals surface area contributed by atoms with E-state index in [1.54, 1.807) is 0 Å². The van der Waals surface area contributed by atoms with E-state index in [0.717, 1.165) is 16.7 Å². The van der Waals surface area contributed by atoms with Crippen molar-refractivity contribution in [3.05, 3.63) is 34.9 Å². The summed E-state index contributed by atoms with van der Waals surface area (Å²) in [6, 6.07) is 0. The molecule has 0 bridgehead atoms. The molecule has 0 amide bonds. The van der Waals surface area contributed by atoms with E-state index in [2.05, 4.69) is 0 Å². The second-order valence-electron chi connectivity index (χ2n) is 8.60. The van der Waals surface area contributed by atoms with Gasteiger partial charge in [0.1, 0.15) is 0 Å². The van der Waals surface area contributed by atoms with Crippen LogP contribution in [-0.2, 0) is 43.0 Å². The highest BCUT2D eigenvalue weighted by atomic mass is 16.6. The van der Waals surface area contributed by atoms with Gasteiger partial charge in [0.05, 0.1) is 37.0 Å².